The van der Waals surface area contributed by atoms with Crippen LogP contribution in [-0.2, 0) is 0 Å². The molecule has 0 aliphatic carbocycles. The van der Waals surface area contributed by atoms with E-state index in [0.717, 1.165) is 16.9 Å². The molecule has 0 saturated carbocycles. The molecule has 0 amide bonds. The van der Waals surface area contributed by atoms with Crippen molar-refractivity contribution in [3.8, 4) is 22.9 Å². The van der Waals surface area contributed by atoms with Crippen molar-refractivity contribution < 1.29 is 4.74 Å². The topological polar surface area (TPSA) is 33.0 Å². The highest BCUT2D eigenvalue weighted by molar-refractivity contribution is 6.32. The van der Waals surface area contributed by atoms with E-state index >= 15 is 0 Å². The van der Waals surface area contributed by atoms with Gasteiger partial charge in [-0.05, 0) is 35.4 Å². The summed E-state index contributed by atoms with van der Waals surface area (Å²) >= 11 is 6.00. The molecule has 2 aromatic rings. The average Bonchev–Trinajstić information content (AvgIpc) is 2.38. The smallest absolute Gasteiger partial charge is 0.119 e. The quantitative estimate of drug-likeness (QED) is 0.802. The van der Waals surface area contributed by atoms with Gasteiger partial charge >= 0.3 is 0 Å². The first-order valence-corrected chi connectivity index (χ1v) is 5.46. The van der Waals surface area contributed by atoms with Gasteiger partial charge in [0.2, 0.25) is 0 Å². The lowest BCUT2D eigenvalue weighted by atomic mass is 10.0. The van der Waals surface area contributed by atoms with Gasteiger partial charge in [-0.1, -0.05) is 29.8 Å². The lowest BCUT2D eigenvalue weighted by Gasteiger charge is -2.05. The van der Waals surface area contributed by atoms with Gasteiger partial charge < -0.3 is 4.74 Å². The van der Waals surface area contributed by atoms with Crippen molar-refractivity contribution in [2.24, 2.45) is 0 Å². The number of nitriles is 1. The van der Waals surface area contributed by atoms with Crippen LogP contribution < -0.4 is 4.74 Å². The van der Waals surface area contributed by atoms with E-state index in [2.05, 4.69) is 0 Å². The summed E-state index contributed by atoms with van der Waals surface area (Å²) in [5.41, 5.74) is 2.46. The zero-order valence-electron chi connectivity index (χ0n) is 9.27. The Morgan fingerprint density at radius 3 is 2.53 bits per heavy atom. The van der Waals surface area contributed by atoms with Crippen LogP contribution in [0.25, 0.3) is 11.1 Å². The van der Waals surface area contributed by atoms with Crippen molar-refractivity contribution in [3.05, 3.63) is 53.1 Å². The van der Waals surface area contributed by atoms with Crippen LogP contribution in [0.2, 0.25) is 5.02 Å². The number of halogens is 1. The fourth-order valence-corrected chi connectivity index (χ4v) is 1.81. The Morgan fingerprint density at radius 1 is 1.12 bits per heavy atom. The molecule has 3 heteroatoms. The van der Waals surface area contributed by atoms with E-state index in [1.807, 2.05) is 36.4 Å². The predicted molar refractivity (Wildman–Crippen MR) is 68.2 cm³/mol. The second kappa shape index (κ2) is 4.90. The molecule has 0 spiro atoms. The normalized spacial score (nSPS) is 9.71. The van der Waals surface area contributed by atoms with Gasteiger partial charge in [0.25, 0.3) is 0 Å². The molecule has 0 unspecified atom stereocenters. The largest absolute Gasteiger partial charge is 0.497 e. The van der Waals surface area contributed by atoms with Gasteiger partial charge in [0.15, 0.2) is 0 Å². The maximum absolute atomic E-state index is 8.81. The Morgan fingerprint density at radius 2 is 1.88 bits per heavy atom. The summed E-state index contributed by atoms with van der Waals surface area (Å²) in [4.78, 5) is 0. The number of ether oxygens (including phenoxy) is 1. The summed E-state index contributed by atoms with van der Waals surface area (Å²) < 4.78 is 5.17. The molecule has 17 heavy (non-hydrogen) atoms. The van der Waals surface area contributed by atoms with Gasteiger partial charge in [0, 0.05) is 0 Å². The van der Waals surface area contributed by atoms with Gasteiger partial charge in [-0.2, -0.15) is 5.26 Å². The van der Waals surface area contributed by atoms with Crippen molar-refractivity contribution in [1.82, 2.24) is 0 Å². The Hall–Kier alpha value is -1.98. The fourth-order valence-electron chi connectivity index (χ4n) is 1.59. The molecule has 0 heterocycles. The number of rotatable bonds is 2. The number of methoxy groups -OCH3 is 1. The van der Waals surface area contributed by atoms with E-state index in [1.54, 1.807) is 19.2 Å². The van der Waals surface area contributed by atoms with Crippen LogP contribution in [0.4, 0.5) is 0 Å². The third-order valence-electron chi connectivity index (χ3n) is 2.49. The van der Waals surface area contributed by atoms with Crippen LogP contribution in [0.3, 0.4) is 0 Å². The summed E-state index contributed by atoms with van der Waals surface area (Å²) in [6, 6.07) is 15.1. The molecule has 2 rings (SSSR count). The molecule has 84 valence electrons. The van der Waals surface area contributed by atoms with E-state index in [4.69, 9.17) is 21.6 Å². The molecule has 2 aromatic carbocycles. The molecule has 0 fully saturated rings. The lowest BCUT2D eigenvalue weighted by Crippen LogP contribution is -1.85. The van der Waals surface area contributed by atoms with Gasteiger partial charge in [-0.15, -0.1) is 0 Å². The summed E-state index contributed by atoms with van der Waals surface area (Å²) in [5, 5.41) is 9.27. The average molecular weight is 244 g/mol. The molecule has 0 saturated heterocycles. The summed E-state index contributed by atoms with van der Waals surface area (Å²) in [6.45, 7) is 0. The van der Waals surface area contributed by atoms with Crippen molar-refractivity contribution >= 4 is 11.6 Å². The molecule has 0 aliphatic rings. The first-order chi connectivity index (χ1) is 8.24. The molecule has 0 atom stereocenters. The Bertz CT molecular complexity index is 587. The van der Waals surface area contributed by atoms with Crippen LogP contribution in [0, 0.1) is 11.3 Å². The zero-order chi connectivity index (χ0) is 12.3. The van der Waals surface area contributed by atoms with E-state index in [9.17, 15) is 0 Å². The minimum absolute atomic E-state index is 0.466. The highest BCUT2D eigenvalue weighted by Gasteiger charge is 2.04. The van der Waals surface area contributed by atoms with Crippen LogP contribution in [0.5, 0.6) is 5.75 Å². The number of benzene rings is 2. The monoisotopic (exact) mass is 243 g/mol. The van der Waals surface area contributed by atoms with E-state index in [0.29, 0.717) is 10.6 Å². The highest BCUT2D eigenvalue weighted by atomic mass is 35.5. The summed E-state index contributed by atoms with van der Waals surface area (Å²) in [6.07, 6.45) is 0. The number of hydrogen-bond acceptors (Lipinski definition) is 2. The second-order valence-corrected chi connectivity index (χ2v) is 3.95. The standard InChI is InChI=1S/C14H10ClNO/c1-17-13-4-2-3-10(7-13)11-5-6-12(9-16)14(15)8-11/h2-8H,1H3. The molecular weight excluding hydrogens is 234 g/mol. The van der Waals surface area contributed by atoms with E-state index in [1.165, 1.54) is 0 Å². The molecule has 0 aliphatic heterocycles. The SMILES string of the molecule is COc1cccc(-c2ccc(C#N)c(Cl)c2)c1. The Labute approximate surface area is 105 Å². The van der Waals surface area contributed by atoms with E-state index < -0.39 is 0 Å². The van der Waals surface area contributed by atoms with Crippen LogP contribution in [-0.4, -0.2) is 7.11 Å². The maximum atomic E-state index is 8.81. The van der Waals surface area contributed by atoms with E-state index in [-0.39, 0.29) is 0 Å². The zero-order valence-corrected chi connectivity index (χ0v) is 10.0. The van der Waals surface area contributed by atoms with Crippen molar-refractivity contribution in [1.29, 1.82) is 5.26 Å². The Balaban J connectivity index is 2.46. The Kier molecular flexibility index (Phi) is 3.32. The highest BCUT2D eigenvalue weighted by Crippen LogP contribution is 2.27. The second-order valence-electron chi connectivity index (χ2n) is 3.54. The molecular formula is C14H10ClNO. The van der Waals surface area contributed by atoms with Gasteiger partial charge in [-0.25, -0.2) is 0 Å². The molecule has 0 aromatic heterocycles. The van der Waals surface area contributed by atoms with Gasteiger partial charge in [-0.3, -0.25) is 0 Å². The van der Waals surface area contributed by atoms with Crippen LogP contribution >= 0.6 is 11.6 Å². The van der Waals surface area contributed by atoms with Crippen LogP contribution in [0.15, 0.2) is 42.5 Å². The molecule has 0 N–H and O–H groups in total. The number of hydrogen-bond donors (Lipinski definition) is 0. The summed E-state index contributed by atoms with van der Waals surface area (Å²) in [7, 11) is 1.63. The minimum atomic E-state index is 0.466. The molecule has 2 nitrogen and oxygen atoms in total. The van der Waals surface area contributed by atoms with Gasteiger partial charge in [0.1, 0.15) is 11.8 Å². The van der Waals surface area contributed by atoms with Crippen molar-refractivity contribution in [2.45, 2.75) is 0 Å². The van der Waals surface area contributed by atoms with Crippen molar-refractivity contribution in [2.75, 3.05) is 7.11 Å². The van der Waals surface area contributed by atoms with Crippen LogP contribution in [0.1, 0.15) is 5.56 Å². The van der Waals surface area contributed by atoms with Gasteiger partial charge in [0.05, 0.1) is 17.7 Å². The lowest BCUT2D eigenvalue weighted by molar-refractivity contribution is 0.415. The third-order valence-corrected chi connectivity index (χ3v) is 2.81. The molecule has 0 bridgehead atoms. The first-order valence-electron chi connectivity index (χ1n) is 5.08. The number of nitrogens with zero attached hydrogens (tertiary/aromatic N) is 1. The maximum Gasteiger partial charge on any atom is 0.119 e. The van der Waals surface area contributed by atoms with Crippen molar-refractivity contribution in [3.63, 3.8) is 0 Å². The molecule has 0 radical (unpaired) electrons. The third kappa shape index (κ3) is 2.41. The predicted octanol–water partition coefficient (Wildman–Crippen LogP) is 3.89. The first kappa shape index (κ1) is 11.5. The summed E-state index contributed by atoms with van der Waals surface area (Å²) in [5.74, 6) is 0.794. The minimum Gasteiger partial charge on any atom is -0.497 e. The fraction of sp³-hybridized carbons (Fsp3) is 0.0714.